The second-order valence-electron chi connectivity index (χ2n) is 5.95. The van der Waals surface area contributed by atoms with Gasteiger partial charge in [0.2, 0.25) is 10.1 Å². The van der Waals surface area contributed by atoms with Crippen LogP contribution in [0.4, 0.5) is 9.52 Å². The number of anilines is 1. The number of aromatic nitrogens is 4. The summed E-state index contributed by atoms with van der Waals surface area (Å²) < 4.78 is 21.1. The lowest BCUT2D eigenvalue weighted by Crippen LogP contribution is -2.15. The zero-order chi connectivity index (χ0) is 19.5. The second-order valence-corrected chi connectivity index (χ2v) is 6.91. The quantitative estimate of drug-likeness (QED) is 0.535. The number of halogens is 1. The summed E-state index contributed by atoms with van der Waals surface area (Å²) in [5.74, 6) is 0.114. The highest BCUT2D eigenvalue weighted by Gasteiger charge is 2.10. The molecule has 0 atom stereocenters. The van der Waals surface area contributed by atoms with Crippen molar-refractivity contribution in [3.05, 3.63) is 76.2 Å². The van der Waals surface area contributed by atoms with Gasteiger partial charge >= 0.3 is 0 Å². The monoisotopic (exact) mass is 397 g/mol. The molecule has 0 unspecified atom stereocenters. The van der Waals surface area contributed by atoms with Gasteiger partial charge in [0.25, 0.3) is 5.56 Å². The van der Waals surface area contributed by atoms with Crippen LogP contribution in [0.15, 0.2) is 53.6 Å². The predicted molar refractivity (Wildman–Crippen MR) is 105 cm³/mol. The van der Waals surface area contributed by atoms with Crippen LogP contribution in [-0.2, 0) is 13.0 Å². The lowest BCUT2D eigenvalue weighted by atomic mass is 10.2. The Bertz CT molecular complexity index is 1180. The normalized spacial score (nSPS) is 10.9. The van der Waals surface area contributed by atoms with E-state index in [1.165, 1.54) is 34.2 Å². The van der Waals surface area contributed by atoms with E-state index < -0.39 is 5.82 Å². The number of hydrogen-bond donors (Lipinski definition) is 1. The van der Waals surface area contributed by atoms with Crippen LogP contribution in [0.25, 0.3) is 4.96 Å². The molecule has 1 aromatic carbocycles. The molecule has 0 aliphatic rings. The van der Waals surface area contributed by atoms with E-state index in [4.69, 9.17) is 4.74 Å². The van der Waals surface area contributed by atoms with E-state index in [9.17, 15) is 9.18 Å². The van der Waals surface area contributed by atoms with Crippen LogP contribution >= 0.6 is 11.3 Å². The smallest absolute Gasteiger partial charge is 0.275 e. The Morgan fingerprint density at radius 2 is 2.18 bits per heavy atom. The van der Waals surface area contributed by atoms with Gasteiger partial charge in [-0.2, -0.15) is 4.52 Å². The van der Waals surface area contributed by atoms with Gasteiger partial charge in [-0.15, -0.1) is 5.10 Å². The van der Waals surface area contributed by atoms with Crippen LogP contribution in [0.1, 0.15) is 18.2 Å². The Hall–Kier alpha value is -3.33. The molecule has 7 nitrogen and oxygen atoms in total. The number of ether oxygens (including phenoxy) is 1. The molecule has 142 valence electrons. The molecule has 0 saturated carbocycles. The third-order valence-corrected chi connectivity index (χ3v) is 4.83. The van der Waals surface area contributed by atoms with E-state index >= 15 is 0 Å². The summed E-state index contributed by atoms with van der Waals surface area (Å²) in [7, 11) is 0. The van der Waals surface area contributed by atoms with Crippen molar-refractivity contribution in [1.82, 2.24) is 19.6 Å². The molecule has 0 fully saturated rings. The van der Waals surface area contributed by atoms with Crippen molar-refractivity contribution in [3.8, 4) is 11.5 Å². The van der Waals surface area contributed by atoms with Crippen molar-refractivity contribution in [2.45, 2.75) is 19.9 Å². The zero-order valence-corrected chi connectivity index (χ0v) is 15.7. The Morgan fingerprint density at radius 1 is 1.29 bits per heavy atom. The molecular formula is C19H16FN5O2S. The Labute approximate surface area is 163 Å². The molecule has 4 aromatic rings. The minimum absolute atomic E-state index is 0.125. The van der Waals surface area contributed by atoms with Crippen LogP contribution in [0, 0.1) is 5.82 Å². The van der Waals surface area contributed by atoms with Crippen molar-refractivity contribution in [2.24, 2.45) is 0 Å². The Morgan fingerprint density at radius 3 is 2.93 bits per heavy atom. The Balaban J connectivity index is 1.48. The zero-order valence-electron chi connectivity index (χ0n) is 14.9. The van der Waals surface area contributed by atoms with Gasteiger partial charge in [0.15, 0.2) is 11.6 Å². The van der Waals surface area contributed by atoms with Crippen molar-refractivity contribution in [1.29, 1.82) is 0 Å². The molecule has 28 heavy (non-hydrogen) atoms. The maximum Gasteiger partial charge on any atom is 0.275 e. The van der Waals surface area contributed by atoms with Crippen molar-refractivity contribution in [2.75, 3.05) is 5.32 Å². The Kier molecular flexibility index (Phi) is 4.98. The summed E-state index contributed by atoms with van der Waals surface area (Å²) in [4.78, 5) is 20.9. The lowest BCUT2D eigenvalue weighted by molar-refractivity contribution is 0.440. The van der Waals surface area contributed by atoms with Gasteiger partial charge in [-0.25, -0.2) is 9.37 Å². The van der Waals surface area contributed by atoms with Gasteiger partial charge in [-0.1, -0.05) is 24.3 Å². The number of hydrogen-bond acceptors (Lipinski definition) is 7. The third-order valence-electron chi connectivity index (χ3n) is 3.96. The highest BCUT2D eigenvalue weighted by atomic mass is 32.1. The van der Waals surface area contributed by atoms with E-state index in [2.05, 4.69) is 20.4 Å². The molecule has 3 heterocycles. The molecule has 0 bridgehead atoms. The van der Waals surface area contributed by atoms with Crippen LogP contribution < -0.4 is 15.6 Å². The number of nitrogens with one attached hydrogen (secondary N) is 1. The number of rotatable bonds is 6. The lowest BCUT2D eigenvalue weighted by Gasteiger charge is -2.08. The first-order valence-corrected chi connectivity index (χ1v) is 9.44. The number of pyridine rings is 1. The summed E-state index contributed by atoms with van der Waals surface area (Å²) >= 11 is 1.27. The molecule has 0 amide bonds. The maximum absolute atomic E-state index is 14.3. The van der Waals surface area contributed by atoms with Crippen LogP contribution in [-0.4, -0.2) is 19.6 Å². The molecule has 0 aliphatic carbocycles. The van der Waals surface area contributed by atoms with Gasteiger partial charge in [-0.3, -0.25) is 9.78 Å². The van der Waals surface area contributed by atoms with Crippen LogP contribution in [0.2, 0.25) is 0 Å². The topological polar surface area (TPSA) is 81.4 Å². The van der Waals surface area contributed by atoms with Gasteiger partial charge in [0.1, 0.15) is 5.75 Å². The fourth-order valence-electron chi connectivity index (χ4n) is 2.56. The molecular weight excluding hydrogens is 381 g/mol. The summed E-state index contributed by atoms with van der Waals surface area (Å²) in [6.45, 7) is 2.29. The second kappa shape index (κ2) is 7.73. The minimum atomic E-state index is -0.474. The van der Waals surface area contributed by atoms with Crippen molar-refractivity contribution >= 4 is 21.4 Å². The van der Waals surface area contributed by atoms with Crippen LogP contribution in [0.5, 0.6) is 11.5 Å². The number of nitrogens with zero attached hydrogens (tertiary/aromatic N) is 4. The SMILES string of the molecule is CCc1cc(=O)n2nc(NCc3ccc(Oc4cccnc4)c(F)c3)sc2n1. The van der Waals surface area contributed by atoms with E-state index in [0.717, 1.165) is 5.69 Å². The van der Waals surface area contributed by atoms with Crippen LogP contribution in [0.3, 0.4) is 0 Å². The van der Waals surface area contributed by atoms with Gasteiger partial charge < -0.3 is 10.1 Å². The van der Waals surface area contributed by atoms with E-state index in [-0.39, 0.29) is 11.3 Å². The average Bonchev–Trinajstić information content (AvgIpc) is 3.12. The first-order chi connectivity index (χ1) is 13.6. The summed E-state index contributed by atoms with van der Waals surface area (Å²) in [6.07, 6.45) is 3.81. The summed E-state index contributed by atoms with van der Waals surface area (Å²) in [6, 6.07) is 9.62. The third kappa shape index (κ3) is 3.84. The van der Waals surface area contributed by atoms with Gasteiger partial charge in [0.05, 0.1) is 6.20 Å². The molecule has 1 N–H and O–H groups in total. The number of benzene rings is 1. The largest absolute Gasteiger partial charge is 0.453 e. The molecule has 9 heteroatoms. The first kappa shape index (κ1) is 18.1. The molecule has 3 aromatic heterocycles. The van der Waals surface area contributed by atoms with E-state index in [1.807, 2.05) is 6.92 Å². The van der Waals surface area contributed by atoms with Gasteiger partial charge in [-0.05, 0) is 36.2 Å². The summed E-state index contributed by atoms with van der Waals surface area (Å²) in [5.41, 5.74) is 1.23. The molecule has 0 saturated heterocycles. The number of fused-ring (bicyclic) bond motifs is 1. The molecule has 4 rings (SSSR count). The van der Waals surface area contributed by atoms with Crippen molar-refractivity contribution in [3.63, 3.8) is 0 Å². The highest BCUT2D eigenvalue weighted by molar-refractivity contribution is 7.20. The average molecular weight is 397 g/mol. The fourth-order valence-corrected chi connectivity index (χ4v) is 3.38. The standard InChI is InChI=1S/C19H16FN5O2S/c1-2-13-9-17(26)25-19(23-13)28-18(24-25)22-10-12-5-6-16(15(20)8-12)27-14-4-3-7-21-11-14/h3-9,11H,2,10H2,1H3,(H,22,24). The van der Waals surface area contributed by atoms with E-state index in [0.29, 0.717) is 34.4 Å². The maximum atomic E-state index is 14.3. The predicted octanol–water partition coefficient (Wildman–Crippen LogP) is 3.65. The van der Waals surface area contributed by atoms with E-state index in [1.54, 1.807) is 30.5 Å². The summed E-state index contributed by atoms with van der Waals surface area (Å²) in [5, 5.41) is 7.86. The highest BCUT2D eigenvalue weighted by Crippen LogP contribution is 2.25. The molecule has 0 aliphatic heterocycles. The minimum Gasteiger partial charge on any atom is -0.453 e. The fraction of sp³-hybridized carbons (Fsp3) is 0.158. The number of aryl methyl sites for hydroxylation is 1. The first-order valence-electron chi connectivity index (χ1n) is 8.62. The molecule has 0 spiro atoms. The van der Waals surface area contributed by atoms with Gasteiger partial charge in [0, 0.05) is 24.5 Å². The molecule has 0 radical (unpaired) electrons. The van der Waals surface area contributed by atoms with Crippen molar-refractivity contribution < 1.29 is 9.13 Å².